The molecule has 1 fully saturated rings. The Balaban J connectivity index is 1.65. The van der Waals surface area contributed by atoms with Crippen LogP contribution in [0.25, 0.3) is 21.9 Å². The predicted octanol–water partition coefficient (Wildman–Crippen LogP) is 2.87. The van der Waals surface area contributed by atoms with Crippen LogP contribution in [0.2, 0.25) is 0 Å². The Kier molecular flexibility index (Phi) is 7.51. The minimum atomic E-state index is -4.10. The fourth-order valence-corrected chi connectivity index (χ4v) is 7.53. The number of amides is 2. The van der Waals surface area contributed by atoms with Crippen molar-refractivity contribution in [2.75, 3.05) is 24.7 Å². The van der Waals surface area contributed by atoms with Crippen molar-refractivity contribution in [3.8, 4) is 0 Å². The first-order valence-corrected chi connectivity index (χ1v) is 13.8. The monoisotopic (exact) mass is 549 g/mol. The molecule has 1 unspecified atom stereocenters. The molecule has 1 aromatic heterocycles. The summed E-state index contributed by atoms with van der Waals surface area (Å²) in [4.78, 5) is 35.8. The van der Waals surface area contributed by atoms with Gasteiger partial charge < -0.3 is 14.5 Å². The third kappa shape index (κ3) is 5.30. The normalized spacial score (nSPS) is 18.0. The molecule has 1 aliphatic heterocycles. The van der Waals surface area contributed by atoms with Crippen LogP contribution in [0.15, 0.2) is 45.7 Å². The molecule has 0 saturated carbocycles. The van der Waals surface area contributed by atoms with Gasteiger partial charge in [0.15, 0.2) is 0 Å². The summed E-state index contributed by atoms with van der Waals surface area (Å²) in [5, 5.41) is 13.1. The van der Waals surface area contributed by atoms with Crippen LogP contribution in [0, 0.1) is 0 Å². The van der Waals surface area contributed by atoms with E-state index in [0.717, 1.165) is 4.31 Å². The fraction of sp³-hybridized carbons (Fsp3) is 0.375. The first-order chi connectivity index (χ1) is 17.5. The van der Waals surface area contributed by atoms with E-state index in [2.05, 4.69) is 10.1 Å². The number of nitrogens with zero attached hydrogens (tertiary/aromatic N) is 1. The van der Waals surface area contributed by atoms with Crippen LogP contribution >= 0.6 is 11.8 Å². The number of carbonyl (C=O) groups excluding carboxylic acids is 3. The van der Waals surface area contributed by atoms with Crippen molar-refractivity contribution >= 4 is 67.2 Å². The number of esters is 1. The van der Waals surface area contributed by atoms with Crippen LogP contribution in [0.4, 0.5) is 5.69 Å². The quantitative estimate of drug-likeness (QED) is 0.229. The molecule has 1 aliphatic rings. The smallest absolute Gasteiger partial charge is 0.306 e. The Morgan fingerprint density at radius 3 is 2.59 bits per heavy atom. The van der Waals surface area contributed by atoms with Crippen LogP contribution in [-0.2, 0) is 29.1 Å². The van der Waals surface area contributed by atoms with Crippen LogP contribution in [-0.4, -0.2) is 65.9 Å². The molecule has 37 heavy (non-hydrogen) atoms. The second-order valence-electron chi connectivity index (χ2n) is 9.04. The number of methoxy groups -OCH3 is 1. The lowest BCUT2D eigenvalue weighted by Crippen LogP contribution is -2.61. The average Bonchev–Trinajstić information content (AvgIpc) is 3.23. The zero-order chi connectivity index (χ0) is 27.0. The van der Waals surface area contributed by atoms with Gasteiger partial charge in [-0.05, 0) is 44.2 Å². The number of hydrogen-bond donors (Lipinski definition) is 3. The van der Waals surface area contributed by atoms with E-state index in [9.17, 15) is 28.0 Å². The average molecular weight is 550 g/mol. The van der Waals surface area contributed by atoms with E-state index >= 15 is 0 Å². The number of furan rings is 1. The Morgan fingerprint density at radius 2 is 1.89 bits per heavy atom. The maximum absolute atomic E-state index is 13.7. The minimum Gasteiger partial charge on any atom is -0.469 e. The largest absolute Gasteiger partial charge is 0.469 e. The molecule has 0 bridgehead atoms. The predicted molar refractivity (Wildman–Crippen MR) is 138 cm³/mol. The number of rotatable bonds is 7. The zero-order valence-electron chi connectivity index (χ0n) is 20.4. The molecule has 13 heteroatoms. The van der Waals surface area contributed by atoms with Crippen LogP contribution in [0.3, 0.4) is 0 Å². The number of fused-ring (bicyclic) bond motifs is 3. The topological polar surface area (TPSA) is 155 Å². The van der Waals surface area contributed by atoms with Crippen LogP contribution in [0.5, 0.6) is 0 Å². The molecule has 0 radical (unpaired) electrons. The van der Waals surface area contributed by atoms with Crippen molar-refractivity contribution in [3.05, 3.63) is 36.4 Å². The lowest BCUT2D eigenvalue weighted by molar-refractivity contribution is -0.141. The van der Waals surface area contributed by atoms with E-state index in [1.165, 1.54) is 31.0 Å². The molecule has 0 aliphatic carbocycles. The molecule has 3 N–H and O–H groups in total. The number of thioether (sulfide) groups is 1. The van der Waals surface area contributed by atoms with Gasteiger partial charge in [0, 0.05) is 46.0 Å². The first-order valence-electron chi connectivity index (χ1n) is 11.4. The molecule has 4 rings (SSSR count). The Bertz CT molecular complexity index is 1480. The number of hydrogen-bond acceptors (Lipinski definition) is 9. The summed E-state index contributed by atoms with van der Waals surface area (Å²) in [6.45, 7) is 3.63. The van der Waals surface area contributed by atoms with Gasteiger partial charge >= 0.3 is 5.97 Å². The maximum atomic E-state index is 13.7. The molecule has 11 nitrogen and oxygen atoms in total. The highest BCUT2D eigenvalue weighted by molar-refractivity contribution is 8.01. The van der Waals surface area contributed by atoms with E-state index in [4.69, 9.17) is 4.42 Å². The van der Waals surface area contributed by atoms with E-state index in [1.54, 1.807) is 43.6 Å². The lowest BCUT2D eigenvalue weighted by Gasteiger charge is -2.43. The molecule has 2 heterocycles. The summed E-state index contributed by atoms with van der Waals surface area (Å²) < 4.78 is 38.1. The number of sulfonamides is 1. The number of carbonyl (C=O) groups is 3. The molecule has 0 spiro atoms. The van der Waals surface area contributed by atoms with Gasteiger partial charge in [-0.2, -0.15) is 16.1 Å². The van der Waals surface area contributed by atoms with Crippen LogP contribution < -0.4 is 10.8 Å². The summed E-state index contributed by atoms with van der Waals surface area (Å²) >= 11 is 1.46. The van der Waals surface area contributed by atoms with Crippen molar-refractivity contribution in [1.29, 1.82) is 0 Å². The first kappa shape index (κ1) is 26.9. The van der Waals surface area contributed by atoms with Gasteiger partial charge in [0.2, 0.25) is 15.9 Å². The lowest BCUT2D eigenvalue weighted by atomic mass is 10.0. The summed E-state index contributed by atoms with van der Waals surface area (Å²) in [5.74, 6) is -1.15. The minimum absolute atomic E-state index is 0.0127. The molecule has 1 saturated heterocycles. The number of ether oxygens (including phenoxy) is 1. The summed E-state index contributed by atoms with van der Waals surface area (Å²) in [5.41, 5.74) is 2.94. The highest BCUT2D eigenvalue weighted by Gasteiger charge is 2.48. The zero-order valence-corrected chi connectivity index (χ0v) is 22.1. The van der Waals surface area contributed by atoms with Crippen molar-refractivity contribution in [2.24, 2.45) is 0 Å². The third-order valence-electron chi connectivity index (χ3n) is 6.21. The molecular formula is C24H27N3O8S2. The van der Waals surface area contributed by atoms with E-state index in [-0.39, 0.29) is 30.2 Å². The van der Waals surface area contributed by atoms with Crippen molar-refractivity contribution in [3.63, 3.8) is 0 Å². The van der Waals surface area contributed by atoms with Gasteiger partial charge in [-0.3, -0.25) is 19.6 Å². The molecule has 2 aromatic carbocycles. The Hall–Kier alpha value is -3.13. The van der Waals surface area contributed by atoms with Gasteiger partial charge in [0.05, 0.1) is 18.4 Å². The SMILES string of the molecule is COC(=O)CCC(=O)Nc1ccc2c(c1)oc1ccc(S(=O)(=O)N3CCSC(C)(C)C3C(=O)NO)cc12. The molecule has 198 valence electrons. The van der Waals surface area contributed by atoms with Crippen LogP contribution in [0.1, 0.15) is 26.7 Å². The number of hydroxylamine groups is 1. The molecule has 2 amide bonds. The molecule has 3 aromatic rings. The fourth-order valence-electron chi connectivity index (χ4n) is 4.39. The standard InChI is InChI=1S/C24H27N3O8S2/c1-24(2)22(23(30)26-31)27(10-11-36-24)37(32,33)15-5-7-18-17(13-15)16-6-4-14(12-19(16)35-18)25-20(28)8-9-21(29)34-3/h4-7,12-13,22,31H,8-11H2,1-3H3,(H,25,28)(H,26,30). The van der Waals surface area contributed by atoms with Crippen molar-refractivity contribution in [2.45, 2.75) is 42.4 Å². The second-order valence-corrected chi connectivity index (χ2v) is 12.7. The van der Waals surface area contributed by atoms with Crippen molar-refractivity contribution in [1.82, 2.24) is 9.79 Å². The van der Waals surface area contributed by atoms with Gasteiger partial charge in [-0.15, -0.1) is 0 Å². The number of anilines is 1. The Labute approximate surface area is 217 Å². The highest BCUT2D eigenvalue weighted by Crippen LogP contribution is 2.39. The second kappa shape index (κ2) is 10.3. The van der Waals surface area contributed by atoms with E-state index < -0.39 is 32.7 Å². The van der Waals surface area contributed by atoms with E-state index in [1.807, 2.05) is 0 Å². The summed E-state index contributed by atoms with van der Waals surface area (Å²) in [6.07, 6.45) is -0.0760. The van der Waals surface area contributed by atoms with Crippen molar-refractivity contribution < 1.29 is 37.2 Å². The van der Waals surface area contributed by atoms with Gasteiger partial charge in [-0.25, -0.2) is 13.9 Å². The number of nitrogens with one attached hydrogen (secondary N) is 2. The summed E-state index contributed by atoms with van der Waals surface area (Å²) in [6, 6.07) is 8.32. The third-order valence-corrected chi connectivity index (χ3v) is 9.42. The molecule has 1 atom stereocenters. The molecular weight excluding hydrogens is 522 g/mol. The Morgan fingerprint density at radius 1 is 1.14 bits per heavy atom. The van der Waals surface area contributed by atoms with E-state index in [0.29, 0.717) is 33.4 Å². The number of benzene rings is 2. The van der Waals surface area contributed by atoms with Gasteiger partial charge in [0.1, 0.15) is 17.2 Å². The summed E-state index contributed by atoms with van der Waals surface area (Å²) in [7, 11) is -2.85. The highest BCUT2D eigenvalue weighted by atomic mass is 32.2. The van der Waals surface area contributed by atoms with Gasteiger partial charge in [-0.1, -0.05) is 0 Å². The van der Waals surface area contributed by atoms with Gasteiger partial charge in [0.25, 0.3) is 5.91 Å². The maximum Gasteiger partial charge on any atom is 0.306 e.